The Morgan fingerprint density at radius 2 is 2.04 bits per heavy atom. The number of carbonyl (C=O) groups is 2. The van der Waals surface area contributed by atoms with E-state index < -0.39 is 0 Å². The second-order valence-electron chi connectivity index (χ2n) is 8.65. The Kier molecular flexibility index (Phi) is 3.83. The highest BCUT2D eigenvalue weighted by molar-refractivity contribution is 5.87. The number of Topliss-reactive ketones (excluding diaryl/α,β-unsaturated/α-hetero) is 2. The van der Waals surface area contributed by atoms with Gasteiger partial charge < -0.3 is 5.73 Å². The molecule has 3 fully saturated rings. The van der Waals surface area contributed by atoms with E-state index in [-0.39, 0.29) is 10.8 Å². The van der Waals surface area contributed by atoms with Crippen LogP contribution in [0.1, 0.15) is 58.3 Å². The predicted molar refractivity (Wildman–Crippen MR) is 94.2 cm³/mol. The number of hydrogen-bond donors (Lipinski definition) is 1. The molecule has 130 valence electrons. The third kappa shape index (κ3) is 2.13. The fourth-order valence-electron chi connectivity index (χ4n) is 6.56. The highest BCUT2D eigenvalue weighted by atomic mass is 16.1. The smallest absolute Gasteiger partial charge is 0.139 e. The van der Waals surface area contributed by atoms with Crippen molar-refractivity contribution in [2.75, 3.05) is 6.54 Å². The molecule has 0 aliphatic heterocycles. The van der Waals surface area contributed by atoms with E-state index in [9.17, 15) is 9.59 Å². The molecule has 3 saturated carbocycles. The molecule has 3 nitrogen and oxygen atoms in total. The Morgan fingerprint density at radius 3 is 2.83 bits per heavy atom. The zero-order valence-corrected chi connectivity index (χ0v) is 14.7. The van der Waals surface area contributed by atoms with Gasteiger partial charge in [-0.05, 0) is 49.9 Å². The first-order chi connectivity index (χ1) is 11.5. The summed E-state index contributed by atoms with van der Waals surface area (Å²) >= 11 is 0. The quantitative estimate of drug-likeness (QED) is 0.789. The van der Waals surface area contributed by atoms with E-state index in [1.165, 1.54) is 5.57 Å². The molecule has 5 atom stereocenters. The van der Waals surface area contributed by atoms with Gasteiger partial charge in [0, 0.05) is 36.6 Å². The van der Waals surface area contributed by atoms with Crippen LogP contribution in [-0.4, -0.2) is 18.1 Å². The van der Waals surface area contributed by atoms with Crippen molar-refractivity contribution in [3.63, 3.8) is 0 Å². The van der Waals surface area contributed by atoms with Gasteiger partial charge in [-0.1, -0.05) is 30.7 Å². The molecular formula is C21H29NO2. The minimum atomic E-state index is -0.0875. The molecule has 4 aliphatic rings. The Bertz CT molecular complexity index is 634. The van der Waals surface area contributed by atoms with Gasteiger partial charge >= 0.3 is 0 Å². The number of hydrogen-bond acceptors (Lipinski definition) is 3. The van der Waals surface area contributed by atoms with Gasteiger partial charge in [-0.2, -0.15) is 0 Å². The molecule has 24 heavy (non-hydrogen) atoms. The van der Waals surface area contributed by atoms with E-state index in [1.807, 2.05) is 0 Å². The highest BCUT2D eigenvalue weighted by Crippen LogP contribution is 2.64. The number of ketones is 2. The largest absolute Gasteiger partial charge is 0.327 e. The molecule has 0 aromatic heterocycles. The molecule has 0 saturated heterocycles. The fourth-order valence-corrected chi connectivity index (χ4v) is 6.56. The third-order valence-corrected chi connectivity index (χ3v) is 7.80. The van der Waals surface area contributed by atoms with E-state index in [1.54, 1.807) is 0 Å². The lowest BCUT2D eigenvalue weighted by atomic mass is 9.47. The van der Waals surface area contributed by atoms with Crippen molar-refractivity contribution < 1.29 is 9.59 Å². The third-order valence-electron chi connectivity index (χ3n) is 7.80. The summed E-state index contributed by atoms with van der Waals surface area (Å²) < 4.78 is 0. The van der Waals surface area contributed by atoms with Crippen LogP contribution in [0, 0.1) is 28.6 Å². The van der Waals surface area contributed by atoms with Crippen LogP contribution in [0.25, 0.3) is 0 Å². The van der Waals surface area contributed by atoms with Gasteiger partial charge in [0.05, 0.1) is 0 Å². The maximum atomic E-state index is 12.5. The molecule has 0 aromatic carbocycles. The first-order valence-electron chi connectivity index (χ1n) is 9.63. The maximum absolute atomic E-state index is 12.5. The molecule has 3 heteroatoms. The average molecular weight is 327 g/mol. The summed E-state index contributed by atoms with van der Waals surface area (Å²) in [5.74, 6) is 2.58. The van der Waals surface area contributed by atoms with Gasteiger partial charge in [-0.15, -0.1) is 0 Å². The molecule has 0 spiro atoms. The Labute approximate surface area is 144 Å². The molecule has 0 amide bonds. The summed E-state index contributed by atoms with van der Waals surface area (Å²) in [6, 6.07) is 0. The van der Waals surface area contributed by atoms with Crippen LogP contribution in [0.5, 0.6) is 0 Å². The number of allylic oxidation sites excluding steroid dienone is 3. The van der Waals surface area contributed by atoms with Crippen LogP contribution in [0.3, 0.4) is 0 Å². The molecule has 0 radical (unpaired) electrons. The predicted octanol–water partition coefficient (Wildman–Crippen LogP) is 3.58. The van der Waals surface area contributed by atoms with E-state index in [4.69, 9.17) is 5.73 Å². The summed E-state index contributed by atoms with van der Waals surface area (Å²) in [6.45, 7) is 2.77. The molecular weight excluding hydrogens is 298 g/mol. The van der Waals surface area contributed by atoms with E-state index in [0.717, 1.165) is 38.5 Å². The van der Waals surface area contributed by atoms with E-state index >= 15 is 0 Å². The number of carbonyl (C=O) groups excluding carboxylic acids is 2. The van der Waals surface area contributed by atoms with Crippen LogP contribution < -0.4 is 5.73 Å². The van der Waals surface area contributed by atoms with Gasteiger partial charge in [-0.25, -0.2) is 0 Å². The summed E-state index contributed by atoms with van der Waals surface area (Å²) in [5, 5.41) is 0. The van der Waals surface area contributed by atoms with Gasteiger partial charge in [0.25, 0.3) is 0 Å². The standard InChI is InChI=1S/C21H29NO2/c1-20-10-8-18-16(17(20)5-6-19(20)24)4-3-14-13-15(23)7-11-21(14,18)9-2-12-22/h2-3,9,16-18H,4-8,10-13,22H2,1H3/t16-,17-,18-,20-,21?/m0/s1. The molecule has 4 aliphatic carbocycles. The van der Waals surface area contributed by atoms with Gasteiger partial charge in [0.15, 0.2) is 0 Å². The summed E-state index contributed by atoms with van der Waals surface area (Å²) in [4.78, 5) is 24.5. The van der Waals surface area contributed by atoms with Gasteiger partial charge in [0.2, 0.25) is 0 Å². The first-order valence-corrected chi connectivity index (χ1v) is 9.63. The average Bonchev–Trinajstić information content (AvgIpc) is 2.88. The SMILES string of the molecule is C[C@]12CC[C@H]3[C@@H](CC=C4CC(=O)CCC43C=CCN)[C@@H]1CCC2=O. The van der Waals surface area contributed by atoms with Gasteiger partial charge in [-0.3, -0.25) is 9.59 Å². The second-order valence-corrected chi connectivity index (χ2v) is 8.65. The zero-order chi connectivity index (χ0) is 16.9. The van der Waals surface area contributed by atoms with Crippen LogP contribution in [0.2, 0.25) is 0 Å². The normalized spacial score (nSPS) is 44.9. The lowest BCUT2D eigenvalue weighted by molar-refractivity contribution is -0.131. The van der Waals surface area contributed by atoms with E-state index in [2.05, 4.69) is 25.2 Å². The minimum absolute atomic E-state index is 0.0309. The van der Waals surface area contributed by atoms with Gasteiger partial charge in [0.1, 0.15) is 11.6 Å². The molecule has 1 unspecified atom stereocenters. The number of nitrogens with two attached hydrogens (primary N) is 1. The number of rotatable bonds is 2. The topological polar surface area (TPSA) is 60.2 Å². The van der Waals surface area contributed by atoms with Crippen molar-refractivity contribution in [3.8, 4) is 0 Å². The summed E-state index contributed by atoms with van der Waals surface area (Å²) in [5.41, 5.74) is 7.05. The summed E-state index contributed by atoms with van der Waals surface area (Å²) in [6.07, 6.45) is 14.1. The summed E-state index contributed by atoms with van der Waals surface area (Å²) in [7, 11) is 0. The second kappa shape index (κ2) is 5.66. The van der Waals surface area contributed by atoms with Crippen molar-refractivity contribution in [1.29, 1.82) is 0 Å². The molecule has 4 rings (SSSR count). The lowest BCUT2D eigenvalue weighted by Gasteiger charge is -2.56. The van der Waals surface area contributed by atoms with Crippen LogP contribution >= 0.6 is 0 Å². The highest BCUT2D eigenvalue weighted by Gasteiger charge is 2.59. The van der Waals surface area contributed by atoms with Crippen molar-refractivity contribution >= 4 is 11.6 Å². The molecule has 2 N–H and O–H groups in total. The van der Waals surface area contributed by atoms with Crippen LogP contribution in [0.4, 0.5) is 0 Å². The number of fused-ring (bicyclic) bond motifs is 5. The van der Waals surface area contributed by atoms with Crippen LogP contribution in [0.15, 0.2) is 23.8 Å². The van der Waals surface area contributed by atoms with E-state index in [0.29, 0.717) is 48.7 Å². The van der Waals surface area contributed by atoms with Crippen molar-refractivity contribution in [1.82, 2.24) is 0 Å². The molecule has 0 aromatic rings. The molecule has 0 bridgehead atoms. The van der Waals surface area contributed by atoms with Crippen LogP contribution in [-0.2, 0) is 9.59 Å². The lowest BCUT2D eigenvalue weighted by Crippen LogP contribution is -2.50. The van der Waals surface area contributed by atoms with Crippen molar-refractivity contribution in [2.45, 2.75) is 58.3 Å². The minimum Gasteiger partial charge on any atom is -0.327 e. The monoisotopic (exact) mass is 327 g/mol. The Hall–Kier alpha value is -1.22. The Balaban J connectivity index is 1.75. The Morgan fingerprint density at radius 1 is 1.21 bits per heavy atom. The zero-order valence-electron chi connectivity index (χ0n) is 14.7. The first kappa shape index (κ1) is 16.3. The fraction of sp³-hybridized carbons (Fsp3) is 0.714. The van der Waals surface area contributed by atoms with Crippen molar-refractivity contribution in [2.24, 2.45) is 34.3 Å². The van der Waals surface area contributed by atoms with Crippen molar-refractivity contribution in [3.05, 3.63) is 23.8 Å². The maximum Gasteiger partial charge on any atom is 0.139 e. The molecule has 0 heterocycles.